The SMILES string of the molecule is CNCCCNCc1ccc(OCc2cccc(Cl)c2)c(OC)c1.Cl.Cl. The van der Waals surface area contributed by atoms with Crippen molar-refractivity contribution in [3.05, 3.63) is 58.6 Å². The van der Waals surface area contributed by atoms with Gasteiger partial charge in [0.15, 0.2) is 11.5 Å². The van der Waals surface area contributed by atoms with Crippen molar-refractivity contribution in [3.63, 3.8) is 0 Å². The molecule has 0 amide bonds. The lowest BCUT2D eigenvalue weighted by atomic mass is 10.2. The highest BCUT2D eigenvalue weighted by atomic mass is 35.5. The second-order valence-corrected chi connectivity index (χ2v) is 5.97. The van der Waals surface area contributed by atoms with E-state index in [1.807, 2.05) is 43.4 Å². The molecule has 7 heteroatoms. The number of hydrogen-bond donors (Lipinski definition) is 2. The summed E-state index contributed by atoms with van der Waals surface area (Å²) >= 11 is 5.99. The first-order valence-corrected chi connectivity index (χ1v) is 8.50. The highest BCUT2D eigenvalue weighted by molar-refractivity contribution is 6.30. The molecule has 0 unspecified atom stereocenters. The summed E-state index contributed by atoms with van der Waals surface area (Å²) in [5, 5.41) is 7.27. The molecule has 4 nitrogen and oxygen atoms in total. The van der Waals surface area contributed by atoms with E-state index in [0.717, 1.165) is 43.1 Å². The standard InChI is InChI=1S/C19H25ClN2O2.2ClH/c1-21-9-4-10-22-13-15-7-8-18(19(12-15)23-2)24-14-16-5-3-6-17(20)11-16;;/h3,5-8,11-12,21-22H,4,9-10,13-14H2,1-2H3;2*1H. The summed E-state index contributed by atoms with van der Waals surface area (Å²) in [4.78, 5) is 0. The fourth-order valence-electron chi connectivity index (χ4n) is 2.35. The Morgan fingerprint density at radius 1 is 0.962 bits per heavy atom. The fourth-order valence-corrected chi connectivity index (χ4v) is 2.56. The van der Waals surface area contributed by atoms with Crippen LogP contribution in [0, 0.1) is 0 Å². The van der Waals surface area contributed by atoms with Crippen LogP contribution >= 0.6 is 36.4 Å². The van der Waals surface area contributed by atoms with Gasteiger partial charge in [-0.15, -0.1) is 24.8 Å². The Kier molecular flexibility index (Phi) is 13.3. The Morgan fingerprint density at radius 2 is 1.77 bits per heavy atom. The molecule has 0 fully saturated rings. The average Bonchev–Trinajstić information content (AvgIpc) is 2.60. The quantitative estimate of drug-likeness (QED) is 0.555. The van der Waals surface area contributed by atoms with E-state index in [1.165, 1.54) is 5.56 Å². The van der Waals surface area contributed by atoms with E-state index in [1.54, 1.807) is 7.11 Å². The molecule has 0 heterocycles. The third-order valence-electron chi connectivity index (χ3n) is 3.62. The Bertz CT molecular complexity index is 642. The van der Waals surface area contributed by atoms with E-state index >= 15 is 0 Å². The molecule has 2 aromatic rings. The zero-order chi connectivity index (χ0) is 17.2. The van der Waals surface area contributed by atoms with Crippen molar-refractivity contribution in [2.24, 2.45) is 0 Å². The van der Waals surface area contributed by atoms with Crippen LogP contribution in [0.1, 0.15) is 17.5 Å². The lowest BCUT2D eigenvalue weighted by Crippen LogP contribution is -2.19. The smallest absolute Gasteiger partial charge is 0.161 e. The van der Waals surface area contributed by atoms with Gasteiger partial charge in [0.1, 0.15) is 6.61 Å². The van der Waals surface area contributed by atoms with Gasteiger partial charge in [-0.2, -0.15) is 0 Å². The molecule has 0 saturated heterocycles. The van der Waals surface area contributed by atoms with Crippen molar-refractivity contribution in [1.82, 2.24) is 10.6 Å². The number of rotatable bonds is 10. The molecule has 0 bridgehead atoms. The number of benzene rings is 2. The summed E-state index contributed by atoms with van der Waals surface area (Å²) in [6.07, 6.45) is 1.11. The lowest BCUT2D eigenvalue weighted by Gasteiger charge is -2.13. The second-order valence-electron chi connectivity index (χ2n) is 5.54. The molecule has 0 saturated carbocycles. The molecule has 0 atom stereocenters. The van der Waals surface area contributed by atoms with E-state index in [-0.39, 0.29) is 24.8 Å². The maximum Gasteiger partial charge on any atom is 0.161 e. The van der Waals surface area contributed by atoms with E-state index in [2.05, 4.69) is 16.7 Å². The number of nitrogens with one attached hydrogen (secondary N) is 2. The minimum absolute atomic E-state index is 0. The minimum Gasteiger partial charge on any atom is -0.493 e. The minimum atomic E-state index is 0. The fraction of sp³-hybridized carbons (Fsp3) is 0.368. The van der Waals surface area contributed by atoms with Crippen LogP contribution in [0.25, 0.3) is 0 Å². The zero-order valence-corrected chi connectivity index (χ0v) is 17.5. The maximum atomic E-state index is 5.99. The van der Waals surface area contributed by atoms with Crippen molar-refractivity contribution < 1.29 is 9.47 Å². The van der Waals surface area contributed by atoms with Crippen LogP contribution in [0.3, 0.4) is 0 Å². The molecule has 0 aliphatic carbocycles. The summed E-state index contributed by atoms with van der Waals surface area (Å²) in [7, 11) is 3.62. The Morgan fingerprint density at radius 3 is 2.46 bits per heavy atom. The van der Waals surface area contributed by atoms with E-state index in [0.29, 0.717) is 11.6 Å². The number of hydrogen-bond acceptors (Lipinski definition) is 4. The van der Waals surface area contributed by atoms with Crippen molar-refractivity contribution >= 4 is 36.4 Å². The summed E-state index contributed by atoms with van der Waals surface area (Å²) in [6, 6.07) is 13.7. The molecule has 146 valence electrons. The lowest BCUT2D eigenvalue weighted by molar-refractivity contribution is 0.284. The monoisotopic (exact) mass is 420 g/mol. The topological polar surface area (TPSA) is 42.5 Å². The van der Waals surface area contributed by atoms with Crippen LogP contribution in [0.2, 0.25) is 5.02 Å². The molecule has 2 aromatic carbocycles. The predicted octanol–water partition coefficient (Wildman–Crippen LogP) is 4.47. The average molecular weight is 422 g/mol. The summed E-state index contributed by atoms with van der Waals surface area (Å²) in [5.74, 6) is 1.47. The Labute approximate surface area is 173 Å². The molecule has 0 aliphatic rings. The van der Waals surface area contributed by atoms with E-state index in [4.69, 9.17) is 21.1 Å². The van der Waals surface area contributed by atoms with Gasteiger partial charge in [0.25, 0.3) is 0 Å². The van der Waals surface area contributed by atoms with Gasteiger partial charge in [-0.3, -0.25) is 0 Å². The Balaban J connectivity index is 0.00000312. The first-order valence-electron chi connectivity index (χ1n) is 8.12. The Hall–Kier alpha value is -1.17. The van der Waals surface area contributed by atoms with Crippen molar-refractivity contribution in [3.8, 4) is 11.5 Å². The highest BCUT2D eigenvalue weighted by Crippen LogP contribution is 2.29. The zero-order valence-electron chi connectivity index (χ0n) is 15.1. The number of halogens is 3. The van der Waals surface area contributed by atoms with Gasteiger partial charge in [0, 0.05) is 11.6 Å². The largest absolute Gasteiger partial charge is 0.493 e. The summed E-state index contributed by atoms with van der Waals surface area (Å²) < 4.78 is 11.3. The van der Waals surface area contributed by atoms with Crippen LogP contribution < -0.4 is 20.1 Å². The van der Waals surface area contributed by atoms with E-state index < -0.39 is 0 Å². The van der Waals surface area contributed by atoms with Gasteiger partial charge in [0.2, 0.25) is 0 Å². The predicted molar refractivity (Wildman–Crippen MR) is 114 cm³/mol. The molecule has 0 aromatic heterocycles. The van der Waals surface area contributed by atoms with Crippen LogP contribution in [0.15, 0.2) is 42.5 Å². The maximum absolute atomic E-state index is 5.99. The normalized spacial score (nSPS) is 9.81. The van der Waals surface area contributed by atoms with Crippen molar-refractivity contribution in [2.75, 3.05) is 27.2 Å². The molecular weight excluding hydrogens is 395 g/mol. The molecule has 26 heavy (non-hydrogen) atoms. The molecule has 0 aliphatic heterocycles. The molecule has 2 N–H and O–H groups in total. The van der Waals surface area contributed by atoms with Gasteiger partial charge in [-0.1, -0.05) is 29.8 Å². The van der Waals surface area contributed by atoms with Crippen LogP contribution in [0.4, 0.5) is 0 Å². The number of methoxy groups -OCH3 is 1. The van der Waals surface area contributed by atoms with Gasteiger partial charge in [0.05, 0.1) is 7.11 Å². The summed E-state index contributed by atoms with van der Waals surface area (Å²) in [5.41, 5.74) is 2.20. The highest BCUT2D eigenvalue weighted by Gasteiger charge is 2.06. The van der Waals surface area contributed by atoms with Crippen LogP contribution in [-0.2, 0) is 13.2 Å². The van der Waals surface area contributed by atoms with Gasteiger partial charge < -0.3 is 20.1 Å². The van der Waals surface area contributed by atoms with Crippen molar-refractivity contribution in [2.45, 2.75) is 19.6 Å². The van der Waals surface area contributed by atoms with E-state index in [9.17, 15) is 0 Å². The molecule has 0 spiro atoms. The van der Waals surface area contributed by atoms with Gasteiger partial charge in [-0.25, -0.2) is 0 Å². The first-order chi connectivity index (χ1) is 11.7. The summed E-state index contributed by atoms with van der Waals surface area (Å²) in [6.45, 7) is 3.27. The third kappa shape index (κ3) is 8.47. The molecule has 2 rings (SSSR count). The van der Waals surface area contributed by atoms with Crippen molar-refractivity contribution in [1.29, 1.82) is 0 Å². The first kappa shape index (κ1) is 24.8. The second kappa shape index (κ2) is 14.0. The molecular formula is C19H27Cl3N2O2. The number of ether oxygens (including phenoxy) is 2. The van der Waals surface area contributed by atoms with Crippen LogP contribution in [-0.4, -0.2) is 27.2 Å². The van der Waals surface area contributed by atoms with Crippen LogP contribution in [0.5, 0.6) is 11.5 Å². The van der Waals surface area contributed by atoms with Gasteiger partial charge >= 0.3 is 0 Å². The third-order valence-corrected chi connectivity index (χ3v) is 3.86. The molecule has 0 radical (unpaired) electrons. The van der Waals surface area contributed by atoms with Gasteiger partial charge in [-0.05, 0) is 62.0 Å².